The molecular weight excluding hydrogens is 235 g/mol. The van der Waals surface area contributed by atoms with Gasteiger partial charge in [-0.1, -0.05) is 18.6 Å². The van der Waals surface area contributed by atoms with Gasteiger partial charge in [0.1, 0.15) is 5.82 Å². The fourth-order valence-corrected chi connectivity index (χ4v) is 3.16. The highest BCUT2D eigenvalue weighted by atomic mass is 32.1. The van der Waals surface area contributed by atoms with Crippen molar-refractivity contribution in [1.29, 1.82) is 0 Å². The SMILES string of the molecule is Nc1nc(C2(c3ccc(F)cc3)CCC2)cs1. The molecule has 1 heterocycles. The summed E-state index contributed by atoms with van der Waals surface area (Å²) >= 11 is 1.47. The number of aromatic nitrogens is 1. The van der Waals surface area contributed by atoms with Gasteiger partial charge in [-0.15, -0.1) is 11.3 Å². The van der Waals surface area contributed by atoms with Gasteiger partial charge in [-0.2, -0.15) is 0 Å². The number of nitrogens with zero attached hydrogens (tertiary/aromatic N) is 1. The Labute approximate surface area is 103 Å². The predicted molar refractivity (Wildman–Crippen MR) is 67.6 cm³/mol. The third-order valence-electron chi connectivity index (χ3n) is 3.62. The minimum absolute atomic E-state index is 0.0260. The Kier molecular flexibility index (Phi) is 2.40. The van der Waals surface area contributed by atoms with Gasteiger partial charge in [0.25, 0.3) is 0 Å². The molecule has 0 radical (unpaired) electrons. The lowest BCUT2D eigenvalue weighted by atomic mass is 9.63. The Hall–Kier alpha value is -1.42. The molecule has 0 saturated heterocycles. The third kappa shape index (κ3) is 1.63. The molecule has 0 atom stereocenters. The normalized spacial score (nSPS) is 17.7. The van der Waals surface area contributed by atoms with Gasteiger partial charge in [0, 0.05) is 10.8 Å². The molecule has 1 aromatic heterocycles. The van der Waals surface area contributed by atoms with Crippen LogP contribution in [0.25, 0.3) is 0 Å². The minimum Gasteiger partial charge on any atom is -0.375 e. The summed E-state index contributed by atoms with van der Waals surface area (Å²) in [6, 6.07) is 6.77. The third-order valence-corrected chi connectivity index (χ3v) is 4.29. The van der Waals surface area contributed by atoms with Gasteiger partial charge in [0.15, 0.2) is 5.13 Å². The van der Waals surface area contributed by atoms with Gasteiger partial charge in [-0.05, 0) is 30.5 Å². The van der Waals surface area contributed by atoms with Crippen molar-refractivity contribution in [3.05, 3.63) is 46.7 Å². The van der Waals surface area contributed by atoms with Gasteiger partial charge in [0.2, 0.25) is 0 Å². The van der Waals surface area contributed by atoms with Crippen molar-refractivity contribution in [2.45, 2.75) is 24.7 Å². The van der Waals surface area contributed by atoms with E-state index in [1.807, 2.05) is 17.5 Å². The number of halogens is 1. The zero-order chi connectivity index (χ0) is 11.9. The molecule has 88 valence electrons. The first-order valence-electron chi connectivity index (χ1n) is 5.68. The van der Waals surface area contributed by atoms with Crippen LogP contribution in [0.1, 0.15) is 30.5 Å². The average molecular weight is 248 g/mol. The quantitative estimate of drug-likeness (QED) is 0.885. The van der Waals surface area contributed by atoms with Gasteiger partial charge in [-0.3, -0.25) is 0 Å². The number of benzene rings is 1. The maximum atomic E-state index is 13.0. The number of hydrogen-bond acceptors (Lipinski definition) is 3. The average Bonchev–Trinajstić information content (AvgIpc) is 2.67. The molecule has 0 spiro atoms. The number of hydrogen-bond donors (Lipinski definition) is 1. The van der Waals surface area contributed by atoms with E-state index >= 15 is 0 Å². The predicted octanol–water partition coefficient (Wildman–Crippen LogP) is 3.33. The van der Waals surface area contributed by atoms with E-state index < -0.39 is 0 Å². The van der Waals surface area contributed by atoms with Gasteiger partial charge >= 0.3 is 0 Å². The number of anilines is 1. The Bertz CT molecular complexity index is 529. The van der Waals surface area contributed by atoms with Crippen molar-refractivity contribution in [3.8, 4) is 0 Å². The molecule has 1 aliphatic carbocycles. The van der Waals surface area contributed by atoms with E-state index in [1.165, 1.54) is 29.9 Å². The standard InChI is InChI=1S/C13H13FN2S/c14-10-4-2-9(3-5-10)13(6-1-7-13)11-8-17-12(15)16-11/h2-5,8H,1,6-7H2,(H2,15,16). The summed E-state index contributed by atoms with van der Waals surface area (Å²) in [5.74, 6) is -0.194. The summed E-state index contributed by atoms with van der Waals surface area (Å²) in [7, 11) is 0. The summed E-state index contributed by atoms with van der Waals surface area (Å²) in [4.78, 5) is 4.41. The molecular formula is C13H13FN2S. The second-order valence-electron chi connectivity index (χ2n) is 4.51. The van der Waals surface area contributed by atoms with E-state index in [1.54, 1.807) is 0 Å². The van der Waals surface area contributed by atoms with Crippen LogP contribution >= 0.6 is 11.3 Å². The van der Waals surface area contributed by atoms with Gasteiger partial charge in [-0.25, -0.2) is 9.37 Å². The van der Waals surface area contributed by atoms with Gasteiger partial charge < -0.3 is 5.73 Å². The van der Waals surface area contributed by atoms with Crippen molar-refractivity contribution in [2.75, 3.05) is 5.73 Å². The van der Waals surface area contributed by atoms with E-state index in [0.29, 0.717) is 5.13 Å². The number of nitrogens with two attached hydrogens (primary N) is 1. The van der Waals surface area contributed by atoms with Crippen LogP contribution in [-0.2, 0) is 5.41 Å². The Morgan fingerprint density at radius 1 is 1.24 bits per heavy atom. The highest BCUT2D eigenvalue weighted by molar-refractivity contribution is 7.13. The topological polar surface area (TPSA) is 38.9 Å². The Morgan fingerprint density at radius 2 is 1.94 bits per heavy atom. The first-order chi connectivity index (χ1) is 8.21. The van der Waals surface area contributed by atoms with E-state index in [0.717, 1.165) is 24.1 Å². The second-order valence-corrected chi connectivity index (χ2v) is 5.40. The smallest absolute Gasteiger partial charge is 0.180 e. The molecule has 2 nitrogen and oxygen atoms in total. The van der Waals surface area contributed by atoms with E-state index in [2.05, 4.69) is 4.98 Å². The van der Waals surface area contributed by atoms with E-state index in [4.69, 9.17) is 5.73 Å². The van der Waals surface area contributed by atoms with Crippen LogP contribution in [0.4, 0.5) is 9.52 Å². The van der Waals surface area contributed by atoms with Crippen LogP contribution < -0.4 is 5.73 Å². The molecule has 2 N–H and O–H groups in total. The summed E-state index contributed by atoms with van der Waals surface area (Å²) in [5.41, 5.74) is 7.87. The molecule has 4 heteroatoms. The number of thiazole rings is 1. The molecule has 0 aliphatic heterocycles. The number of rotatable bonds is 2. The number of nitrogen functional groups attached to an aromatic ring is 1. The molecule has 1 saturated carbocycles. The highest BCUT2D eigenvalue weighted by Crippen LogP contribution is 2.49. The lowest BCUT2D eigenvalue weighted by Gasteiger charge is -2.41. The zero-order valence-corrected chi connectivity index (χ0v) is 10.1. The van der Waals surface area contributed by atoms with Gasteiger partial charge in [0.05, 0.1) is 5.69 Å². The molecule has 17 heavy (non-hydrogen) atoms. The molecule has 0 amide bonds. The first kappa shape index (κ1) is 10.7. The van der Waals surface area contributed by atoms with Crippen molar-refractivity contribution in [2.24, 2.45) is 0 Å². The maximum absolute atomic E-state index is 13.0. The molecule has 1 fully saturated rings. The van der Waals surface area contributed by atoms with Crippen LogP contribution in [0.15, 0.2) is 29.6 Å². The van der Waals surface area contributed by atoms with Crippen LogP contribution in [0, 0.1) is 5.82 Å². The zero-order valence-electron chi connectivity index (χ0n) is 9.32. The van der Waals surface area contributed by atoms with Crippen molar-refractivity contribution in [3.63, 3.8) is 0 Å². The Balaban J connectivity index is 2.05. The first-order valence-corrected chi connectivity index (χ1v) is 6.56. The van der Waals surface area contributed by atoms with Crippen LogP contribution in [0.5, 0.6) is 0 Å². The lowest BCUT2D eigenvalue weighted by Crippen LogP contribution is -2.35. The summed E-state index contributed by atoms with van der Waals surface area (Å²) in [6.07, 6.45) is 3.33. The summed E-state index contributed by atoms with van der Waals surface area (Å²) < 4.78 is 13.0. The Morgan fingerprint density at radius 3 is 2.41 bits per heavy atom. The molecule has 3 rings (SSSR count). The monoisotopic (exact) mass is 248 g/mol. The molecule has 1 aliphatic rings. The van der Waals surface area contributed by atoms with Crippen LogP contribution in [0.3, 0.4) is 0 Å². The molecule has 2 aromatic rings. The second kappa shape index (κ2) is 3.81. The summed E-state index contributed by atoms with van der Waals surface area (Å²) in [6.45, 7) is 0. The van der Waals surface area contributed by atoms with E-state index in [9.17, 15) is 4.39 Å². The molecule has 0 unspecified atom stereocenters. The van der Waals surface area contributed by atoms with Crippen molar-refractivity contribution >= 4 is 16.5 Å². The molecule has 1 aromatic carbocycles. The largest absolute Gasteiger partial charge is 0.375 e. The summed E-state index contributed by atoms with van der Waals surface area (Å²) in [5, 5.41) is 2.63. The lowest BCUT2D eigenvalue weighted by molar-refractivity contribution is 0.295. The van der Waals surface area contributed by atoms with E-state index in [-0.39, 0.29) is 11.2 Å². The minimum atomic E-state index is -0.194. The van der Waals surface area contributed by atoms with Crippen molar-refractivity contribution < 1.29 is 4.39 Å². The van der Waals surface area contributed by atoms with Crippen LogP contribution in [-0.4, -0.2) is 4.98 Å². The van der Waals surface area contributed by atoms with Crippen molar-refractivity contribution in [1.82, 2.24) is 4.98 Å². The van der Waals surface area contributed by atoms with Crippen LogP contribution in [0.2, 0.25) is 0 Å². The fraction of sp³-hybridized carbons (Fsp3) is 0.308. The fourth-order valence-electron chi connectivity index (χ4n) is 2.50. The highest BCUT2D eigenvalue weighted by Gasteiger charge is 2.42. The molecule has 0 bridgehead atoms. The maximum Gasteiger partial charge on any atom is 0.180 e.